The number of amidine groups is 1. The first-order valence-corrected chi connectivity index (χ1v) is 10.7. The zero-order chi connectivity index (χ0) is 25.3. The number of nitrogen functional groups attached to an aromatic ring is 1. The van der Waals surface area contributed by atoms with Crippen LogP contribution in [0.15, 0.2) is 36.4 Å². The van der Waals surface area contributed by atoms with Gasteiger partial charge in [0.1, 0.15) is 23.2 Å². The zero-order valence-electron chi connectivity index (χ0n) is 19.6. The molecular formula is C24H30FN3O6. The lowest BCUT2D eigenvalue weighted by molar-refractivity contribution is -0.150. The predicted octanol–water partition coefficient (Wildman–Crippen LogP) is 2.84. The number of halogens is 1. The third kappa shape index (κ3) is 6.92. The first-order chi connectivity index (χ1) is 16.2. The molecule has 4 N–H and O–H groups in total. The van der Waals surface area contributed by atoms with E-state index in [-0.39, 0.29) is 36.9 Å². The minimum Gasteiger partial charge on any atom is -0.497 e. The lowest BCUT2D eigenvalue weighted by Gasteiger charge is -2.20. The van der Waals surface area contributed by atoms with Gasteiger partial charge in [0.2, 0.25) is 0 Å². The van der Waals surface area contributed by atoms with E-state index in [9.17, 15) is 14.0 Å². The Labute approximate surface area is 197 Å². The number of carbonyl (C=O) groups excluding carboxylic acids is 2. The molecule has 10 heteroatoms. The lowest BCUT2D eigenvalue weighted by atomic mass is 10.1. The second kappa shape index (κ2) is 12.5. The fraction of sp³-hybridized carbons (Fsp3) is 0.375. The second-order valence-electron chi connectivity index (χ2n) is 7.19. The third-order valence-electron chi connectivity index (χ3n) is 4.82. The minimum absolute atomic E-state index is 0.0107. The molecule has 0 bridgehead atoms. The Morgan fingerprint density at radius 2 is 1.88 bits per heavy atom. The van der Waals surface area contributed by atoms with Crippen LogP contribution >= 0.6 is 0 Å². The second-order valence-corrected chi connectivity index (χ2v) is 7.19. The number of nitrogens with one attached hydrogen (secondary N) is 2. The van der Waals surface area contributed by atoms with Crippen molar-refractivity contribution in [3.05, 3.63) is 58.9 Å². The highest BCUT2D eigenvalue weighted by Gasteiger charge is 2.25. The highest BCUT2D eigenvalue weighted by atomic mass is 19.1. The molecule has 0 saturated carbocycles. The van der Waals surface area contributed by atoms with Crippen molar-refractivity contribution >= 4 is 17.7 Å². The van der Waals surface area contributed by atoms with Crippen LogP contribution in [0.5, 0.6) is 11.5 Å². The van der Waals surface area contributed by atoms with E-state index in [4.69, 9.17) is 30.1 Å². The number of esters is 1. The molecule has 0 fully saturated rings. The molecule has 1 unspecified atom stereocenters. The normalized spacial score (nSPS) is 12.4. The quantitative estimate of drug-likeness (QED) is 0.244. The van der Waals surface area contributed by atoms with E-state index < -0.39 is 29.9 Å². The lowest BCUT2D eigenvalue weighted by Crippen LogP contribution is -2.32. The molecule has 2 aromatic carbocycles. The molecule has 0 radical (unpaired) electrons. The molecule has 2 atom stereocenters. The Morgan fingerprint density at radius 1 is 1.15 bits per heavy atom. The molecule has 0 heterocycles. The summed E-state index contributed by atoms with van der Waals surface area (Å²) in [5.74, 6) is -1.37. The number of nitrogens with two attached hydrogens (primary N) is 1. The van der Waals surface area contributed by atoms with E-state index in [1.54, 1.807) is 32.0 Å². The smallest absolute Gasteiger partial charge is 0.347 e. The van der Waals surface area contributed by atoms with E-state index in [1.165, 1.54) is 32.2 Å². The van der Waals surface area contributed by atoms with Crippen LogP contribution < -0.4 is 20.5 Å². The molecular weight excluding hydrogens is 445 g/mol. The van der Waals surface area contributed by atoms with Crippen LogP contribution in [0.25, 0.3) is 0 Å². The van der Waals surface area contributed by atoms with Gasteiger partial charge >= 0.3 is 5.97 Å². The Hall–Kier alpha value is -3.66. The summed E-state index contributed by atoms with van der Waals surface area (Å²) in [5, 5.41) is 10.4. The van der Waals surface area contributed by atoms with E-state index in [2.05, 4.69) is 5.32 Å². The van der Waals surface area contributed by atoms with E-state index >= 15 is 0 Å². The third-order valence-corrected chi connectivity index (χ3v) is 4.82. The van der Waals surface area contributed by atoms with Crippen molar-refractivity contribution in [1.29, 1.82) is 5.41 Å². The Bertz CT molecular complexity index is 1030. The fourth-order valence-electron chi connectivity index (χ4n) is 3.07. The number of carbonyl (C=O) groups is 2. The Balaban J connectivity index is 2.25. The molecule has 0 aliphatic heterocycles. The molecule has 0 aliphatic carbocycles. The summed E-state index contributed by atoms with van der Waals surface area (Å²) in [6, 6.07) is 8.87. The van der Waals surface area contributed by atoms with Gasteiger partial charge in [-0.25, -0.2) is 9.18 Å². The summed E-state index contributed by atoms with van der Waals surface area (Å²) in [4.78, 5) is 24.9. The van der Waals surface area contributed by atoms with Crippen molar-refractivity contribution in [3.63, 3.8) is 0 Å². The summed E-state index contributed by atoms with van der Waals surface area (Å²) in [7, 11) is 1.42. The van der Waals surface area contributed by atoms with Gasteiger partial charge in [0.15, 0.2) is 12.2 Å². The molecule has 0 saturated heterocycles. The largest absolute Gasteiger partial charge is 0.497 e. The van der Waals surface area contributed by atoms with Crippen molar-refractivity contribution in [3.8, 4) is 11.5 Å². The van der Waals surface area contributed by atoms with Gasteiger partial charge in [-0.3, -0.25) is 10.2 Å². The van der Waals surface area contributed by atoms with Crippen molar-refractivity contribution in [2.75, 3.05) is 20.3 Å². The van der Waals surface area contributed by atoms with E-state index in [0.29, 0.717) is 16.9 Å². The SMILES string of the molecule is CCOC(=O)C(C)Oc1cc(C(=N)N)ccc1CNC(=O)[C@@H](OCC)c1ccc(OC)cc1F. The topological polar surface area (TPSA) is 133 Å². The first-order valence-electron chi connectivity index (χ1n) is 10.7. The van der Waals surface area contributed by atoms with Crippen LogP contribution in [-0.2, 0) is 25.6 Å². The maximum absolute atomic E-state index is 14.6. The average molecular weight is 476 g/mol. The number of benzene rings is 2. The van der Waals surface area contributed by atoms with Gasteiger partial charge < -0.3 is 30.0 Å². The van der Waals surface area contributed by atoms with E-state index in [1.807, 2.05) is 0 Å². The highest BCUT2D eigenvalue weighted by molar-refractivity contribution is 5.95. The average Bonchev–Trinajstić information content (AvgIpc) is 2.81. The van der Waals surface area contributed by atoms with Crippen molar-refractivity contribution < 1.29 is 32.9 Å². The van der Waals surface area contributed by atoms with Gasteiger partial charge in [0.05, 0.1) is 13.7 Å². The molecule has 0 aliphatic rings. The van der Waals surface area contributed by atoms with Crippen LogP contribution in [-0.4, -0.2) is 44.1 Å². The molecule has 0 spiro atoms. The van der Waals surface area contributed by atoms with Crippen molar-refractivity contribution in [2.24, 2.45) is 5.73 Å². The maximum atomic E-state index is 14.6. The number of hydrogen-bond donors (Lipinski definition) is 3. The Morgan fingerprint density at radius 3 is 2.47 bits per heavy atom. The van der Waals surface area contributed by atoms with Crippen LogP contribution in [0.2, 0.25) is 0 Å². The van der Waals surface area contributed by atoms with Crippen molar-refractivity contribution in [1.82, 2.24) is 5.32 Å². The summed E-state index contributed by atoms with van der Waals surface area (Å²) in [6.07, 6.45) is -2.11. The van der Waals surface area contributed by atoms with Gasteiger partial charge in [-0.05, 0) is 39.0 Å². The van der Waals surface area contributed by atoms with Gasteiger partial charge in [0.25, 0.3) is 5.91 Å². The first kappa shape index (κ1) is 26.6. The molecule has 2 aromatic rings. The van der Waals surface area contributed by atoms with Crippen LogP contribution in [0, 0.1) is 11.2 Å². The standard InChI is InChI=1S/C24H30FN3O6/c1-5-32-21(18-10-9-17(31-4)12-19(18)25)23(29)28-13-16-8-7-15(22(26)27)11-20(16)34-14(3)24(30)33-6-2/h7-12,14,21H,5-6,13H2,1-4H3,(H3,26,27)(H,28,29)/t14?,21-/m0/s1. The van der Waals surface area contributed by atoms with Crippen molar-refractivity contribution in [2.45, 2.75) is 39.5 Å². The maximum Gasteiger partial charge on any atom is 0.347 e. The number of hydrogen-bond acceptors (Lipinski definition) is 7. The van der Waals surface area contributed by atoms with E-state index in [0.717, 1.165) is 0 Å². The summed E-state index contributed by atoms with van der Waals surface area (Å²) >= 11 is 0. The van der Waals surface area contributed by atoms with Gasteiger partial charge in [0, 0.05) is 35.9 Å². The molecule has 1 amide bonds. The van der Waals surface area contributed by atoms with Crippen LogP contribution in [0.3, 0.4) is 0 Å². The fourth-order valence-corrected chi connectivity index (χ4v) is 3.07. The summed E-state index contributed by atoms with van der Waals surface area (Å²) in [6.45, 7) is 5.28. The highest BCUT2D eigenvalue weighted by Crippen LogP contribution is 2.26. The predicted molar refractivity (Wildman–Crippen MR) is 123 cm³/mol. The minimum atomic E-state index is -1.18. The van der Waals surface area contributed by atoms with Crippen LogP contribution in [0.4, 0.5) is 4.39 Å². The number of amides is 1. The number of ether oxygens (including phenoxy) is 4. The van der Waals surface area contributed by atoms with Gasteiger partial charge in [-0.2, -0.15) is 0 Å². The molecule has 34 heavy (non-hydrogen) atoms. The van der Waals surface area contributed by atoms with Gasteiger partial charge in [-0.15, -0.1) is 0 Å². The summed E-state index contributed by atoms with van der Waals surface area (Å²) < 4.78 is 35.8. The Kier molecular flexibility index (Phi) is 9.81. The molecule has 0 aromatic heterocycles. The van der Waals surface area contributed by atoms with Gasteiger partial charge in [-0.1, -0.05) is 12.1 Å². The zero-order valence-corrected chi connectivity index (χ0v) is 19.6. The monoisotopic (exact) mass is 475 g/mol. The molecule has 184 valence electrons. The summed E-state index contributed by atoms with van der Waals surface area (Å²) in [5.41, 5.74) is 6.54. The van der Waals surface area contributed by atoms with Crippen LogP contribution in [0.1, 0.15) is 43.6 Å². The molecule has 9 nitrogen and oxygen atoms in total. The molecule has 2 rings (SSSR count). The number of rotatable bonds is 12. The number of methoxy groups -OCH3 is 1.